The molecule has 0 saturated heterocycles. The zero-order chi connectivity index (χ0) is 10.6. The number of carbonyl (C=O) groups is 3. The predicted molar refractivity (Wildman–Crippen MR) is 54.6 cm³/mol. The van der Waals surface area contributed by atoms with E-state index in [1.54, 1.807) is 0 Å². The summed E-state index contributed by atoms with van der Waals surface area (Å²) in [4.78, 5) is 30.5. The fourth-order valence-corrected chi connectivity index (χ4v) is 0.714. The zero-order valence-electron chi connectivity index (χ0n) is 6.93. The fraction of sp³-hybridized carbons (Fsp3) is 0.500. The maximum absolute atomic E-state index is 10.3. The Hall–Kier alpha value is -0.280. The zero-order valence-corrected chi connectivity index (χ0v) is 7.93. The van der Waals surface area contributed by atoms with Gasteiger partial charge in [0.15, 0.2) is 5.60 Å². The van der Waals surface area contributed by atoms with Crippen LogP contribution < -0.4 is 0 Å². The van der Waals surface area contributed by atoms with Gasteiger partial charge in [0.2, 0.25) is 0 Å². The van der Waals surface area contributed by atoms with Gasteiger partial charge in [0.05, 0.1) is 12.8 Å². The van der Waals surface area contributed by atoms with Gasteiger partial charge in [-0.15, -0.1) is 0 Å². The molecule has 0 fully saturated rings. The second-order valence-electron chi connectivity index (χ2n) is 2.48. The van der Waals surface area contributed by atoms with Gasteiger partial charge in [0.25, 0.3) is 0 Å². The van der Waals surface area contributed by atoms with E-state index in [9.17, 15) is 14.4 Å². The standard InChI is InChI=1S/C6H8O7.Na.H2S.H/c7-3(8)1-6(13,5(11)12)2-4(9)10;;;/h13H,1-2H2,(H,7,8)(H,9,10)(H,11,12);;1H2;. The van der Waals surface area contributed by atoms with Gasteiger partial charge in [-0.3, -0.25) is 9.59 Å². The Morgan fingerprint density at radius 1 is 0.933 bits per heavy atom. The van der Waals surface area contributed by atoms with Crippen molar-refractivity contribution in [2.75, 3.05) is 0 Å². The molecule has 0 radical (unpaired) electrons. The van der Waals surface area contributed by atoms with E-state index in [1.165, 1.54) is 0 Å². The summed E-state index contributed by atoms with van der Waals surface area (Å²) in [6.07, 6.45) is -2.29. The van der Waals surface area contributed by atoms with Crippen molar-refractivity contribution >= 4 is 61.0 Å². The number of aliphatic carboxylic acids is 3. The number of hydrogen-bond acceptors (Lipinski definition) is 4. The van der Waals surface area contributed by atoms with Crippen LogP contribution >= 0.6 is 13.5 Å². The van der Waals surface area contributed by atoms with Crippen LogP contribution in [0, 0.1) is 0 Å². The van der Waals surface area contributed by atoms with Gasteiger partial charge in [-0.1, -0.05) is 0 Å². The third-order valence-corrected chi connectivity index (χ3v) is 1.29. The van der Waals surface area contributed by atoms with E-state index in [2.05, 4.69) is 0 Å². The Morgan fingerprint density at radius 2 is 1.20 bits per heavy atom. The van der Waals surface area contributed by atoms with Crippen molar-refractivity contribution in [2.45, 2.75) is 18.4 Å². The summed E-state index contributed by atoms with van der Waals surface area (Å²) < 4.78 is 0. The SMILES string of the molecule is O=C(O)CC(O)(CC(=O)O)C(=O)O.S.[NaH]. The van der Waals surface area contributed by atoms with E-state index in [4.69, 9.17) is 20.4 Å². The molecule has 9 heteroatoms. The van der Waals surface area contributed by atoms with Crippen LogP contribution in [0.4, 0.5) is 0 Å². The Labute approximate surface area is 114 Å². The molecule has 0 aromatic rings. The fourth-order valence-electron chi connectivity index (χ4n) is 0.714. The molecule has 0 aromatic carbocycles. The van der Waals surface area contributed by atoms with Crippen molar-refractivity contribution in [3.63, 3.8) is 0 Å². The second kappa shape index (κ2) is 7.94. The molecular weight excluding hydrogens is 239 g/mol. The van der Waals surface area contributed by atoms with E-state index in [0.717, 1.165) is 0 Å². The minimum absolute atomic E-state index is 0. The molecule has 0 amide bonds. The molecule has 0 spiro atoms. The van der Waals surface area contributed by atoms with E-state index in [1.807, 2.05) is 0 Å². The van der Waals surface area contributed by atoms with Crippen molar-refractivity contribution < 1.29 is 34.8 Å². The molecule has 0 bridgehead atoms. The molecule has 0 unspecified atom stereocenters. The van der Waals surface area contributed by atoms with Crippen LogP contribution in [0.1, 0.15) is 12.8 Å². The van der Waals surface area contributed by atoms with E-state index < -0.39 is 36.4 Å². The van der Waals surface area contributed by atoms with Gasteiger partial charge in [-0.25, -0.2) is 4.79 Å². The Kier molecular flexibility index (Phi) is 10.7. The first kappa shape index (κ1) is 20.2. The van der Waals surface area contributed by atoms with Crippen molar-refractivity contribution in [1.29, 1.82) is 0 Å². The van der Waals surface area contributed by atoms with E-state index >= 15 is 0 Å². The number of carboxylic acids is 3. The molecule has 7 nitrogen and oxygen atoms in total. The number of hydrogen-bond donors (Lipinski definition) is 4. The average molecular weight is 250 g/mol. The van der Waals surface area contributed by atoms with Gasteiger partial charge in [0.1, 0.15) is 0 Å². The number of carboxylic acid groups (broad SMARTS) is 3. The van der Waals surface area contributed by atoms with Crippen molar-refractivity contribution in [3.8, 4) is 0 Å². The van der Waals surface area contributed by atoms with Crippen LogP contribution in [0.3, 0.4) is 0 Å². The quantitative estimate of drug-likeness (QED) is 0.424. The summed E-state index contributed by atoms with van der Waals surface area (Å²) in [6.45, 7) is 0. The molecule has 0 aliphatic carbocycles. The monoisotopic (exact) mass is 250 g/mol. The molecule has 15 heavy (non-hydrogen) atoms. The normalized spacial score (nSPS) is 9.40. The summed E-state index contributed by atoms with van der Waals surface area (Å²) in [5.74, 6) is -5.02. The first-order valence-corrected chi connectivity index (χ1v) is 3.17. The van der Waals surface area contributed by atoms with E-state index in [-0.39, 0.29) is 43.1 Å². The molecule has 4 N–H and O–H groups in total. The number of rotatable bonds is 5. The first-order chi connectivity index (χ1) is 5.78. The topological polar surface area (TPSA) is 132 Å². The molecule has 0 saturated carbocycles. The van der Waals surface area contributed by atoms with Gasteiger partial charge in [-0.05, 0) is 0 Å². The van der Waals surface area contributed by atoms with Gasteiger partial charge in [-0.2, -0.15) is 13.5 Å². The third-order valence-electron chi connectivity index (χ3n) is 1.29. The Bertz CT molecular complexity index is 238. The summed E-state index contributed by atoms with van der Waals surface area (Å²) >= 11 is 0. The van der Waals surface area contributed by atoms with Crippen molar-refractivity contribution in [2.24, 2.45) is 0 Å². The van der Waals surface area contributed by atoms with Gasteiger partial charge in [0, 0.05) is 0 Å². The third kappa shape index (κ3) is 7.63. The van der Waals surface area contributed by atoms with Crippen LogP contribution in [0.2, 0.25) is 0 Å². The molecule has 0 rings (SSSR count). The average Bonchev–Trinajstić information content (AvgIpc) is 1.82. The number of aliphatic hydroxyl groups is 1. The molecular formula is C6H11NaO7S. The molecule has 0 aliphatic rings. The summed E-state index contributed by atoms with van der Waals surface area (Å²) in [7, 11) is 0. The predicted octanol–water partition coefficient (Wildman–Crippen LogP) is -1.78. The summed E-state index contributed by atoms with van der Waals surface area (Å²) in [5.41, 5.74) is -2.74. The molecule has 0 heterocycles. The molecule has 0 atom stereocenters. The van der Waals surface area contributed by atoms with Gasteiger partial charge >= 0.3 is 47.5 Å². The molecule has 0 aromatic heterocycles. The van der Waals surface area contributed by atoms with Crippen LogP contribution in [-0.2, 0) is 14.4 Å². The molecule has 0 aliphatic heterocycles. The second-order valence-corrected chi connectivity index (χ2v) is 2.48. The minimum atomic E-state index is -2.74. The first-order valence-electron chi connectivity index (χ1n) is 3.17. The van der Waals surface area contributed by atoms with Crippen LogP contribution in [0.25, 0.3) is 0 Å². The van der Waals surface area contributed by atoms with Crippen LogP contribution in [-0.4, -0.2) is 73.5 Å². The summed E-state index contributed by atoms with van der Waals surface area (Å²) in [6, 6.07) is 0. The van der Waals surface area contributed by atoms with E-state index in [0.29, 0.717) is 0 Å². The Morgan fingerprint density at radius 3 is 1.33 bits per heavy atom. The molecule has 84 valence electrons. The van der Waals surface area contributed by atoms with Crippen LogP contribution in [0.5, 0.6) is 0 Å². The van der Waals surface area contributed by atoms with Crippen molar-refractivity contribution in [1.82, 2.24) is 0 Å². The Balaban J connectivity index is -0.000000720. The van der Waals surface area contributed by atoms with Crippen LogP contribution in [0.15, 0.2) is 0 Å². The van der Waals surface area contributed by atoms with Crippen molar-refractivity contribution in [3.05, 3.63) is 0 Å². The summed E-state index contributed by atoms with van der Waals surface area (Å²) in [5, 5.41) is 33.8. The maximum atomic E-state index is 10.3. The van der Waals surface area contributed by atoms with Gasteiger partial charge < -0.3 is 20.4 Å².